The van der Waals surface area contributed by atoms with Gasteiger partial charge in [-0.15, -0.1) is 11.8 Å². The van der Waals surface area contributed by atoms with Crippen molar-refractivity contribution in [2.45, 2.75) is 31.6 Å². The molecular weight excluding hydrogens is 399 g/mol. The number of benzene rings is 1. The second-order valence-electron chi connectivity index (χ2n) is 7.90. The molecule has 0 aliphatic carbocycles. The lowest BCUT2D eigenvalue weighted by Crippen LogP contribution is -2.46. The molecular formula is C23H27FN4OS. The highest BCUT2D eigenvalue weighted by atomic mass is 32.2. The first kappa shape index (κ1) is 20.7. The van der Waals surface area contributed by atoms with E-state index in [4.69, 9.17) is 0 Å². The zero-order valence-corrected chi connectivity index (χ0v) is 18.2. The van der Waals surface area contributed by atoms with E-state index in [2.05, 4.69) is 29.1 Å². The third kappa shape index (κ3) is 4.78. The lowest BCUT2D eigenvalue weighted by Gasteiger charge is -2.37. The van der Waals surface area contributed by atoms with E-state index in [1.807, 2.05) is 40.7 Å². The molecule has 0 N–H and O–H groups in total. The summed E-state index contributed by atoms with van der Waals surface area (Å²) < 4.78 is 15.2. The number of aryl methyl sites for hydroxylation is 1. The third-order valence-electron chi connectivity index (χ3n) is 5.72. The second kappa shape index (κ2) is 9.08. The van der Waals surface area contributed by atoms with Gasteiger partial charge in [0, 0.05) is 50.0 Å². The van der Waals surface area contributed by atoms with E-state index in [9.17, 15) is 9.18 Å². The Kier molecular flexibility index (Phi) is 6.27. The van der Waals surface area contributed by atoms with E-state index >= 15 is 0 Å². The lowest BCUT2D eigenvalue weighted by molar-refractivity contribution is -0.129. The fourth-order valence-electron chi connectivity index (χ4n) is 3.94. The van der Waals surface area contributed by atoms with Gasteiger partial charge in [-0.3, -0.25) is 4.79 Å². The third-order valence-corrected chi connectivity index (χ3v) is 6.67. The van der Waals surface area contributed by atoms with Crippen LogP contribution in [0.5, 0.6) is 0 Å². The summed E-state index contributed by atoms with van der Waals surface area (Å²) in [7, 11) is 1.91. The second-order valence-corrected chi connectivity index (χ2v) is 8.88. The Morgan fingerprint density at radius 3 is 2.63 bits per heavy atom. The zero-order valence-electron chi connectivity index (χ0n) is 17.4. The van der Waals surface area contributed by atoms with Crippen LogP contribution in [0, 0.1) is 12.7 Å². The molecule has 0 atom stereocenters. The van der Waals surface area contributed by atoms with Crippen LogP contribution < -0.4 is 4.90 Å². The van der Waals surface area contributed by atoms with Gasteiger partial charge < -0.3 is 14.2 Å². The maximum atomic E-state index is 13.1. The monoisotopic (exact) mass is 426 g/mol. The Morgan fingerprint density at radius 2 is 1.90 bits per heavy atom. The van der Waals surface area contributed by atoms with E-state index in [1.54, 1.807) is 11.8 Å². The van der Waals surface area contributed by atoms with E-state index in [-0.39, 0.29) is 17.8 Å². The first-order valence-corrected chi connectivity index (χ1v) is 11.4. The molecule has 0 radical (unpaired) electrons. The topological polar surface area (TPSA) is 40.9 Å². The Bertz CT molecular complexity index is 1010. The standard InChI is InChI=1S/C23H27FN4OS/c1-17-3-8-22-25-19(14-28(22)13-17)15-30-16-23(29)26(2)20-9-11-27(12-10-20)21-6-4-18(24)5-7-21/h3-8,13-14,20H,9-12,15-16H2,1-2H3. The van der Waals surface area contributed by atoms with Crippen molar-refractivity contribution in [3.63, 3.8) is 0 Å². The van der Waals surface area contributed by atoms with Crippen molar-refractivity contribution in [3.05, 3.63) is 65.9 Å². The molecule has 1 saturated heterocycles. The first-order valence-electron chi connectivity index (χ1n) is 10.3. The number of rotatable bonds is 6. The number of piperidine rings is 1. The van der Waals surface area contributed by atoms with Crippen LogP contribution >= 0.6 is 11.8 Å². The maximum Gasteiger partial charge on any atom is 0.232 e. The Balaban J connectivity index is 1.24. The summed E-state index contributed by atoms with van der Waals surface area (Å²) in [4.78, 5) is 21.4. The van der Waals surface area contributed by atoms with E-state index in [0.717, 1.165) is 48.7 Å². The summed E-state index contributed by atoms with van der Waals surface area (Å²) in [5, 5.41) is 0. The number of pyridine rings is 1. The molecule has 5 nitrogen and oxygen atoms in total. The summed E-state index contributed by atoms with van der Waals surface area (Å²) in [5.74, 6) is 1.14. The van der Waals surface area contributed by atoms with Crippen LogP contribution in [0.1, 0.15) is 24.1 Å². The minimum atomic E-state index is -0.213. The largest absolute Gasteiger partial charge is 0.371 e. The molecule has 3 heterocycles. The van der Waals surface area contributed by atoms with E-state index in [1.165, 1.54) is 17.7 Å². The highest BCUT2D eigenvalue weighted by Crippen LogP contribution is 2.23. The van der Waals surface area contributed by atoms with Crippen molar-refractivity contribution in [3.8, 4) is 0 Å². The van der Waals surface area contributed by atoms with Crippen LogP contribution in [0.4, 0.5) is 10.1 Å². The molecule has 0 unspecified atom stereocenters. The van der Waals surface area contributed by atoms with Gasteiger partial charge in [-0.1, -0.05) is 6.07 Å². The summed E-state index contributed by atoms with van der Waals surface area (Å²) in [6.45, 7) is 3.82. The van der Waals surface area contributed by atoms with Crippen LogP contribution in [-0.2, 0) is 10.5 Å². The number of carbonyl (C=O) groups is 1. The highest BCUT2D eigenvalue weighted by Gasteiger charge is 2.25. The molecule has 3 aromatic rings. The Hall–Kier alpha value is -2.54. The van der Waals surface area contributed by atoms with E-state index in [0.29, 0.717) is 5.75 Å². The van der Waals surface area contributed by atoms with Gasteiger partial charge in [0.25, 0.3) is 0 Å². The number of imidazole rings is 1. The number of anilines is 1. The minimum absolute atomic E-state index is 0.167. The Labute approximate surface area is 180 Å². The van der Waals surface area contributed by atoms with Crippen LogP contribution in [0.25, 0.3) is 5.65 Å². The number of thioether (sulfide) groups is 1. The van der Waals surface area contributed by atoms with E-state index < -0.39 is 0 Å². The van der Waals surface area contributed by atoms with Gasteiger partial charge in [0.2, 0.25) is 5.91 Å². The van der Waals surface area contributed by atoms with Crippen molar-refractivity contribution < 1.29 is 9.18 Å². The molecule has 2 aromatic heterocycles. The van der Waals surface area contributed by atoms with Gasteiger partial charge in [0.1, 0.15) is 11.5 Å². The average Bonchev–Trinajstić information content (AvgIpc) is 3.15. The number of aromatic nitrogens is 2. The quantitative estimate of drug-likeness (QED) is 0.594. The number of hydrogen-bond donors (Lipinski definition) is 0. The number of fused-ring (bicyclic) bond motifs is 1. The van der Waals surface area contributed by atoms with Crippen molar-refractivity contribution >= 4 is 29.0 Å². The summed E-state index contributed by atoms with van der Waals surface area (Å²) in [5.41, 5.74) is 4.17. The maximum absolute atomic E-state index is 13.1. The molecule has 1 aliphatic rings. The van der Waals surface area contributed by atoms with Crippen LogP contribution in [-0.4, -0.2) is 52.1 Å². The van der Waals surface area contributed by atoms with Crippen LogP contribution in [0.3, 0.4) is 0 Å². The van der Waals surface area contributed by atoms with Gasteiger partial charge in [-0.25, -0.2) is 9.37 Å². The smallest absolute Gasteiger partial charge is 0.232 e. The number of hydrogen-bond acceptors (Lipinski definition) is 4. The molecule has 1 amide bonds. The Morgan fingerprint density at radius 1 is 1.17 bits per heavy atom. The van der Waals surface area contributed by atoms with Gasteiger partial charge in [0.15, 0.2) is 0 Å². The molecule has 1 aromatic carbocycles. The molecule has 158 valence electrons. The summed E-state index contributed by atoms with van der Waals surface area (Å²) in [6, 6.07) is 11.0. The minimum Gasteiger partial charge on any atom is -0.371 e. The predicted molar refractivity (Wildman–Crippen MR) is 120 cm³/mol. The van der Waals surface area contributed by atoms with Gasteiger partial charge in [-0.05, 0) is 55.7 Å². The molecule has 1 aliphatic heterocycles. The number of amides is 1. The highest BCUT2D eigenvalue weighted by molar-refractivity contribution is 7.99. The van der Waals surface area contributed by atoms with Gasteiger partial charge in [-0.2, -0.15) is 0 Å². The lowest BCUT2D eigenvalue weighted by atomic mass is 10.0. The van der Waals surface area contributed by atoms with Crippen molar-refractivity contribution in [2.75, 3.05) is 30.8 Å². The average molecular weight is 427 g/mol. The van der Waals surface area contributed by atoms with Crippen molar-refractivity contribution in [1.29, 1.82) is 0 Å². The normalized spacial score (nSPS) is 15.0. The van der Waals surface area contributed by atoms with Crippen LogP contribution in [0.2, 0.25) is 0 Å². The van der Waals surface area contributed by atoms with Crippen molar-refractivity contribution in [1.82, 2.24) is 14.3 Å². The first-order chi connectivity index (χ1) is 14.5. The predicted octanol–water partition coefficient (Wildman–Crippen LogP) is 4.14. The molecule has 7 heteroatoms. The summed E-state index contributed by atoms with van der Waals surface area (Å²) >= 11 is 1.61. The van der Waals surface area contributed by atoms with Gasteiger partial charge in [0.05, 0.1) is 11.4 Å². The molecule has 4 rings (SSSR count). The summed E-state index contributed by atoms with van der Waals surface area (Å²) in [6.07, 6.45) is 5.95. The SMILES string of the molecule is Cc1ccc2nc(CSCC(=O)N(C)C3CCN(c4ccc(F)cc4)CC3)cn2c1. The number of carbonyl (C=O) groups excluding carboxylic acids is 1. The molecule has 0 saturated carbocycles. The van der Waals surface area contributed by atoms with Crippen molar-refractivity contribution in [2.24, 2.45) is 0 Å². The number of halogens is 1. The molecule has 30 heavy (non-hydrogen) atoms. The molecule has 0 spiro atoms. The zero-order chi connectivity index (χ0) is 21.1. The fourth-order valence-corrected chi connectivity index (χ4v) is 4.77. The number of nitrogens with zero attached hydrogens (tertiary/aromatic N) is 4. The van der Waals surface area contributed by atoms with Crippen LogP contribution in [0.15, 0.2) is 48.8 Å². The molecule has 0 bridgehead atoms. The van der Waals surface area contributed by atoms with Gasteiger partial charge >= 0.3 is 0 Å². The fraction of sp³-hybridized carbons (Fsp3) is 0.391. The molecule has 1 fully saturated rings.